The highest BCUT2D eigenvalue weighted by atomic mass is 16.5. The summed E-state index contributed by atoms with van der Waals surface area (Å²) in [5, 5.41) is 3.01. The van der Waals surface area contributed by atoms with E-state index in [1.165, 1.54) is 13.1 Å². The Balaban J connectivity index is 2.15. The molecule has 0 spiro atoms. The molecule has 0 bridgehead atoms. The number of nitrogens with one attached hydrogen (secondary N) is 1. The van der Waals surface area contributed by atoms with Gasteiger partial charge in [0.25, 0.3) is 0 Å². The van der Waals surface area contributed by atoms with Crippen molar-refractivity contribution < 1.29 is 14.3 Å². The molecule has 0 amide bonds. The fraction of sp³-hybridized carbons (Fsp3) is 0.250. The summed E-state index contributed by atoms with van der Waals surface area (Å²) in [4.78, 5) is 27.8. The number of nitrogens with zero attached hydrogens (tertiary/aromatic N) is 1. The highest BCUT2D eigenvalue weighted by molar-refractivity contribution is 6.16. The van der Waals surface area contributed by atoms with Crippen LogP contribution in [-0.4, -0.2) is 23.3 Å². The molecule has 0 aliphatic carbocycles. The van der Waals surface area contributed by atoms with E-state index in [1.807, 2.05) is 50.2 Å². The number of ketones is 1. The number of carbonyl (C=O) groups excluding carboxylic acids is 2. The van der Waals surface area contributed by atoms with Crippen LogP contribution in [0.3, 0.4) is 0 Å². The molecule has 1 heterocycles. The SMILES string of the molecule is CC(=O)C(=CNc1cccc(-c2ccncc2)c1)C(=O)OCC(C)C. The molecule has 1 aromatic heterocycles. The first-order valence-electron chi connectivity index (χ1n) is 8.12. The van der Waals surface area contributed by atoms with Crippen LogP contribution in [0.5, 0.6) is 0 Å². The lowest BCUT2D eigenvalue weighted by molar-refractivity contribution is -0.141. The molecule has 0 radical (unpaired) electrons. The number of Topliss-reactive ketones (excluding diaryl/α,β-unsaturated/α-hetero) is 1. The average molecular weight is 338 g/mol. The second-order valence-corrected chi connectivity index (χ2v) is 6.07. The van der Waals surface area contributed by atoms with Gasteiger partial charge in [0, 0.05) is 24.3 Å². The third kappa shape index (κ3) is 5.57. The van der Waals surface area contributed by atoms with Crippen molar-refractivity contribution in [2.24, 2.45) is 5.92 Å². The van der Waals surface area contributed by atoms with E-state index in [0.29, 0.717) is 0 Å². The summed E-state index contributed by atoms with van der Waals surface area (Å²) in [5.41, 5.74) is 2.80. The molecule has 2 rings (SSSR count). The Bertz CT molecular complexity index is 768. The number of pyridine rings is 1. The number of aromatic nitrogens is 1. The van der Waals surface area contributed by atoms with Crippen LogP contribution >= 0.6 is 0 Å². The van der Waals surface area contributed by atoms with E-state index in [2.05, 4.69) is 10.3 Å². The maximum absolute atomic E-state index is 12.0. The Hall–Kier alpha value is -2.95. The molecule has 5 heteroatoms. The van der Waals surface area contributed by atoms with Gasteiger partial charge < -0.3 is 10.1 Å². The zero-order valence-corrected chi connectivity index (χ0v) is 14.7. The molecule has 0 aliphatic rings. The van der Waals surface area contributed by atoms with Gasteiger partial charge in [0.1, 0.15) is 5.57 Å². The lowest BCUT2D eigenvalue weighted by Crippen LogP contribution is -2.17. The van der Waals surface area contributed by atoms with E-state index < -0.39 is 5.97 Å². The largest absolute Gasteiger partial charge is 0.462 e. The molecule has 1 N–H and O–H groups in total. The third-order valence-electron chi connectivity index (χ3n) is 3.41. The molecule has 5 nitrogen and oxygen atoms in total. The first kappa shape index (κ1) is 18.4. The number of hydrogen-bond donors (Lipinski definition) is 1. The Labute approximate surface area is 147 Å². The van der Waals surface area contributed by atoms with Gasteiger partial charge in [-0.3, -0.25) is 9.78 Å². The average Bonchev–Trinajstić information content (AvgIpc) is 2.61. The number of benzene rings is 1. The lowest BCUT2D eigenvalue weighted by atomic mass is 10.1. The number of esters is 1. The van der Waals surface area contributed by atoms with Crippen LogP contribution in [0.4, 0.5) is 5.69 Å². The number of anilines is 1. The van der Waals surface area contributed by atoms with E-state index in [4.69, 9.17) is 4.74 Å². The van der Waals surface area contributed by atoms with Crippen LogP contribution in [-0.2, 0) is 14.3 Å². The van der Waals surface area contributed by atoms with Gasteiger partial charge in [0.2, 0.25) is 0 Å². The Kier molecular flexibility index (Phi) is 6.46. The molecule has 0 saturated heterocycles. The van der Waals surface area contributed by atoms with Gasteiger partial charge >= 0.3 is 5.97 Å². The van der Waals surface area contributed by atoms with E-state index in [0.717, 1.165) is 16.8 Å². The monoisotopic (exact) mass is 338 g/mol. The van der Waals surface area contributed by atoms with E-state index in [9.17, 15) is 9.59 Å². The summed E-state index contributed by atoms with van der Waals surface area (Å²) in [6, 6.07) is 11.5. The smallest absolute Gasteiger partial charge is 0.343 e. The molecule has 25 heavy (non-hydrogen) atoms. The van der Waals surface area contributed by atoms with Crippen LogP contribution in [0.15, 0.2) is 60.6 Å². The van der Waals surface area contributed by atoms with Gasteiger partial charge in [-0.1, -0.05) is 26.0 Å². The van der Waals surface area contributed by atoms with Crippen LogP contribution in [0.1, 0.15) is 20.8 Å². The summed E-state index contributed by atoms with van der Waals surface area (Å²) in [5.74, 6) is -0.743. The number of rotatable bonds is 7. The Morgan fingerprint density at radius 3 is 2.52 bits per heavy atom. The standard InChI is InChI=1S/C20H22N2O3/c1-14(2)13-25-20(24)19(15(3)23)12-22-18-6-4-5-17(11-18)16-7-9-21-10-8-16/h4-12,14,22H,13H2,1-3H3. The van der Waals surface area contributed by atoms with Crippen molar-refractivity contribution in [2.75, 3.05) is 11.9 Å². The summed E-state index contributed by atoms with van der Waals surface area (Å²) < 4.78 is 5.13. The molecule has 1 aromatic carbocycles. The minimum Gasteiger partial charge on any atom is -0.462 e. The second-order valence-electron chi connectivity index (χ2n) is 6.07. The topological polar surface area (TPSA) is 68.3 Å². The molecule has 2 aromatic rings. The molecule has 0 fully saturated rings. The van der Waals surface area contributed by atoms with E-state index in [-0.39, 0.29) is 23.9 Å². The van der Waals surface area contributed by atoms with Crippen molar-refractivity contribution in [3.8, 4) is 11.1 Å². The minimum atomic E-state index is -0.612. The predicted molar refractivity (Wildman–Crippen MR) is 97.9 cm³/mol. The lowest BCUT2D eigenvalue weighted by Gasteiger charge is -2.09. The molecule has 0 saturated carbocycles. The Morgan fingerprint density at radius 1 is 1.16 bits per heavy atom. The highest BCUT2D eigenvalue weighted by Crippen LogP contribution is 2.22. The van der Waals surface area contributed by atoms with Crippen LogP contribution in [0, 0.1) is 5.92 Å². The number of ether oxygens (including phenoxy) is 1. The van der Waals surface area contributed by atoms with Gasteiger partial charge in [0.15, 0.2) is 5.78 Å². The first-order valence-corrected chi connectivity index (χ1v) is 8.12. The maximum Gasteiger partial charge on any atom is 0.343 e. The fourth-order valence-corrected chi connectivity index (χ4v) is 2.11. The third-order valence-corrected chi connectivity index (χ3v) is 3.41. The van der Waals surface area contributed by atoms with Crippen LogP contribution < -0.4 is 5.32 Å². The Morgan fingerprint density at radius 2 is 1.88 bits per heavy atom. The van der Waals surface area contributed by atoms with Crippen molar-refractivity contribution >= 4 is 17.4 Å². The molecule has 130 valence electrons. The quantitative estimate of drug-likeness (QED) is 0.360. The number of hydrogen-bond acceptors (Lipinski definition) is 5. The summed E-state index contributed by atoms with van der Waals surface area (Å²) in [6.45, 7) is 5.50. The first-order chi connectivity index (χ1) is 12.0. The number of carbonyl (C=O) groups is 2. The molecule has 0 atom stereocenters. The van der Waals surface area contributed by atoms with Crippen molar-refractivity contribution in [3.05, 3.63) is 60.6 Å². The van der Waals surface area contributed by atoms with E-state index in [1.54, 1.807) is 12.4 Å². The summed E-state index contributed by atoms with van der Waals surface area (Å²) in [7, 11) is 0. The van der Waals surface area contributed by atoms with Crippen molar-refractivity contribution in [1.29, 1.82) is 0 Å². The minimum absolute atomic E-state index is 0.00466. The van der Waals surface area contributed by atoms with Gasteiger partial charge in [-0.2, -0.15) is 0 Å². The zero-order valence-electron chi connectivity index (χ0n) is 14.7. The fourth-order valence-electron chi connectivity index (χ4n) is 2.11. The molecular formula is C20H22N2O3. The van der Waals surface area contributed by atoms with Crippen LogP contribution in [0.25, 0.3) is 11.1 Å². The van der Waals surface area contributed by atoms with Crippen molar-refractivity contribution in [2.45, 2.75) is 20.8 Å². The van der Waals surface area contributed by atoms with Crippen molar-refractivity contribution in [1.82, 2.24) is 4.98 Å². The van der Waals surface area contributed by atoms with E-state index >= 15 is 0 Å². The summed E-state index contributed by atoms with van der Waals surface area (Å²) in [6.07, 6.45) is 4.86. The van der Waals surface area contributed by atoms with Crippen molar-refractivity contribution in [3.63, 3.8) is 0 Å². The highest BCUT2D eigenvalue weighted by Gasteiger charge is 2.16. The van der Waals surface area contributed by atoms with Gasteiger partial charge in [-0.15, -0.1) is 0 Å². The van der Waals surface area contributed by atoms with Gasteiger partial charge in [0.05, 0.1) is 6.61 Å². The predicted octanol–water partition coefficient (Wildman–Crippen LogP) is 3.83. The normalized spacial score (nSPS) is 11.3. The molecule has 0 unspecified atom stereocenters. The zero-order chi connectivity index (χ0) is 18.2. The molecule has 0 aliphatic heterocycles. The van der Waals surface area contributed by atoms with Gasteiger partial charge in [-0.05, 0) is 48.2 Å². The maximum atomic E-state index is 12.0. The summed E-state index contributed by atoms with van der Waals surface area (Å²) >= 11 is 0. The van der Waals surface area contributed by atoms with Gasteiger partial charge in [-0.25, -0.2) is 4.79 Å². The molecular weight excluding hydrogens is 316 g/mol. The second kappa shape index (κ2) is 8.78. The van der Waals surface area contributed by atoms with Crippen LogP contribution in [0.2, 0.25) is 0 Å².